The van der Waals surface area contributed by atoms with Crippen molar-refractivity contribution >= 4 is 45.4 Å². The second-order valence-corrected chi connectivity index (χ2v) is 8.09. The Bertz CT molecular complexity index is 952. The number of phenols is 2. The molecule has 0 unspecified atom stereocenters. The van der Waals surface area contributed by atoms with Crippen LogP contribution in [-0.4, -0.2) is 42.9 Å². The quantitative estimate of drug-likeness (QED) is 0.401. The summed E-state index contributed by atoms with van der Waals surface area (Å²) in [6, 6.07) is 4.39. The Kier molecular flexibility index (Phi) is 6.48. The Morgan fingerprint density at radius 1 is 1.29 bits per heavy atom. The molecular formula is C19H20N4O3S2. The van der Waals surface area contributed by atoms with Gasteiger partial charge in [0.1, 0.15) is 5.01 Å². The van der Waals surface area contributed by atoms with Gasteiger partial charge in [0.25, 0.3) is 5.91 Å². The lowest BCUT2D eigenvalue weighted by molar-refractivity contribution is -0.121. The van der Waals surface area contributed by atoms with E-state index in [2.05, 4.69) is 28.7 Å². The third kappa shape index (κ3) is 4.60. The predicted octanol–water partition coefficient (Wildman–Crippen LogP) is 4.08. The average molecular weight is 417 g/mol. The molecule has 0 spiro atoms. The van der Waals surface area contributed by atoms with Gasteiger partial charge in [-0.25, -0.2) is 0 Å². The highest BCUT2D eigenvalue weighted by molar-refractivity contribution is 8.18. The maximum atomic E-state index is 12.8. The Morgan fingerprint density at radius 2 is 2.11 bits per heavy atom. The fourth-order valence-electron chi connectivity index (χ4n) is 2.46. The number of aliphatic imine (C=N–C) groups is 1. The number of rotatable bonds is 7. The summed E-state index contributed by atoms with van der Waals surface area (Å²) in [6.45, 7) is 6.15. The van der Waals surface area contributed by atoms with Gasteiger partial charge >= 0.3 is 0 Å². The van der Waals surface area contributed by atoms with Crippen LogP contribution in [0.1, 0.15) is 30.3 Å². The summed E-state index contributed by atoms with van der Waals surface area (Å²) in [4.78, 5) is 19.3. The number of thioether (sulfide) groups is 1. The number of carbonyl (C=O) groups excluding carboxylic acids is 1. The van der Waals surface area contributed by atoms with Gasteiger partial charge in [-0.1, -0.05) is 36.8 Å². The summed E-state index contributed by atoms with van der Waals surface area (Å²) in [6.07, 6.45) is 6.29. The minimum atomic E-state index is -0.241. The molecule has 0 bridgehead atoms. The first-order chi connectivity index (χ1) is 13.5. The topological polar surface area (TPSA) is 98.9 Å². The minimum Gasteiger partial charge on any atom is -0.504 e. The van der Waals surface area contributed by atoms with Crippen LogP contribution >= 0.6 is 23.1 Å². The van der Waals surface area contributed by atoms with Crippen LogP contribution in [0.15, 0.2) is 40.8 Å². The largest absolute Gasteiger partial charge is 0.504 e. The zero-order valence-corrected chi connectivity index (χ0v) is 17.0. The standard InChI is InChI=1S/C19H20N4O3S2/c1-3-5-6-16-21-22-18(28-16)20-19-23(9-4-2)17(26)15(27-19)11-12-7-8-13(24)14(25)10-12/h4,7-8,10-11,24-25H,2-3,5-6,9H2,1H3/b15-11+,20-19?. The van der Waals surface area contributed by atoms with E-state index in [1.165, 1.54) is 40.1 Å². The molecule has 1 aromatic carbocycles. The van der Waals surface area contributed by atoms with E-state index < -0.39 is 0 Å². The molecule has 0 atom stereocenters. The summed E-state index contributed by atoms with van der Waals surface area (Å²) >= 11 is 2.65. The van der Waals surface area contributed by atoms with E-state index in [0.717, 1.165) is 24.3 Å². The van der Waals surface area contributed by atoms with E-state index >= 15 is 0 Å². The van der Waals surface area contributed by atoms with Crippen molar-refractivity contribution in [3.05, 3.63) is 46.3 Å². The molecule has 1 aromatic heterocycles. The number of carbonyl (C=O) groups is 1. The van der Waals surface area contributed by atoms with Crippen LogP contribution in [0.4, 0.5) is 5.13 Å². The Morgan fingerprint density at radius 3 is 2.82 bits per heavy atom. The number of nitrogens with zero attached hydrogens (tertiary/aromatic N) is 4. The Balaban J connectivity index is 1.87. The number of hydrogen-bond acceptors (Lipinski definition) is 8. The van der Waals surface area contributed by atoms with Crippen LogP contribution in [0.25, 0.3) is 6.08 Å². The molecular weight excluding hydrogens is 396 g/mol. The minimum absolute atomic E-state index is 0.202. The number of hydrogen-bond donors (Lipinski definition) is 2. The van der Waals surface area contributed by atoms with Gasteiger partial charge in [-0.2, -0.15) is 4.99 Å². The van der Waals surface area contributed by atoms with Gasteiger partial charge in [-0.05, 0) is 42.0 Å². The third-order valence-electron chi connectivity index (χ3n) is 3.89. The van der Waals surface area contributed by atoms with E-state index in [1.807, 2.05) is 0 Å². The lowest BCUT2D eigenvalue weighted by Crippen LogP contribution is -2.29. The molecule has 1 aliphatic heterocycles. The zero-order chi connectivity index (χ0) is 20.1. The molecule has 146 valence electrons. The Hall–Kier alpha value is -2.65. The maximum Gasteiger partial charge on any atom is 0.267 e. The average Bonchev–Trinajstić information content (AvgIpc) is 3.23. The second kappa shape index (κ2) is 9.03. The molecule has 1 fully saturated rings. The Labute approximate surface area is 171 Å². The maximum absolute atomic E-state index is 12.8. The van der Waals surface area contributed by atoms with Crippen LogP contribution < -0.4 is 0 Å². The van der Waals surface area contributed by atoms with Crippen molar-refractivity contribution in [3.8, 4) is 11.5 Å². The molecule has 3 rings (SSSR count). The fourth-order valence-corrected chi connectivity index (χ4v) is 4.26. The summed E-state index contributed by atoms with van der Waals surface area (Å²) in [5.41, 5.74) is 0.601. The summed E-state index contributed by atoms with van der Waals surface area (Å²) in [5, 5.41) is 29.3. The van der Waals surface area contributed by atoms with E-state index in [4.69, 9.17) is 0 Å². The molecule has 2 aromatic rings. The molecule has 9 heteroatoms. The molecule has 0 aliphatic carbocycles. The van der Waals surface area contributed by atoms with Gasteiger partial charge in [0, 0.05) is 13.0 Å². The SMILES string of the molecule is C=CCN1C(=O)/C(=C\c2ccc(O)c(O)c2)SC1=Nc1nnc(CCCC)s1. The van der Waals surface area contributed by atoms with Crippen LogP contribution in [-0.2, 0) is 11.2 Å². The van der Waals surface area contributed by atoms with Gasteiger partial charge in [0.2, 0.25) is 5.13 Å². The number of unbranched alkanes of at least 4 members (excludes halogenated alkanes) is 1. The first kappa shape index (κ1) is 20.1. The fraction of sp³-hybridized carbons (Fsp3) is 0.263. The molecule has 0 radical (unpaired) electrons. The summed E-state index contributed by atoms with van der Waals surface area (Å²) < 4.78 is 0. The lowest BCUT2D eigenvalue weighted by Gasteiger charge is -2.11. The number of aromatic nitrogens is 2. The van der Waals surface area contributed by atoms with Crippen LogP contribution in [0.3, 0.4) is 0 Å². The number of aryl methyl sites for hydroxylation is 1. The molecule has 1 amide bonds. The van der Waals surface area contributed by atoms with Crippen molar-refractivity contribution in [2.24, 2.45) is 4.99 Å². The number of phenolic OH excluding ortho intramolecular Hbond substituents is 2. The first-order valence-corrected chi connectivity index (χ1v) is 10.4. The number of amidine groups is 1. The van der Waals surface area contributed by atoms with Gasteiger partial charge in [0.15, 0.2) is 16.7 Å². The smallest absolute Gasteiger partial charge is 0.267 e. The first-order valence-electron chi connectivity index (χ1n) is 8.77. The zero-order valence-electron chi connectivity index (χ0n) is 15.3. The highest BCUT2D eigenvalue weighted by atomic mass is 32.2. The van der Waals surface area contributed by atoms with Crippen LogP contribution in [0.5, 0.6) is 11.5 Å². The molecule has 7 nitrogen and oxygen atoms in total. The molecule has 2 N–H and O–H groups in total. The van der Waals surface area contributed by atoms with Gasteiger partial charge in [-0.15, -0.1) is 16.8 Å². The van der Waals surface area contributed by atoms with Crippen LogP contribution in [0.2, 0.25) is 0 Å². The number of benzene rings is 1. The van der Waals surface area contributed by atoms with Gasteiger partial charge in [-0.3, -0.25) is 9.69 Å². The summed E-state index contributed by atoms with van der Waals surface area (Å²) in [7, 11) is 0. The molecule has 2 heterocycles. The second-order valence-electron chi connectivity index (χ2n) is 6.04. The van der Waals surface area contributed by atoms with Gasteiger partial charge < -0.3 is 10.2 Å². The van der Waals surface area contributed by atoms with Crippen molar-refractivity contribution in [1.29, 1.82) is 0 Å². The van der Waals surface area contributed by atoms with Gasteiger partial charge in [0.05, 0.1) is 4.91 Å². The van der Waals surface area contributed by atoms with E-state index in [1.54, 1.807) is 18.2 Å². The van der Waals surface area contributed by atoms with Crippen molar-refractivity contribution in [2.75, 3.05) is 6.54 Å². The molecule has 1 aliphatic rings. The predicted molar refractivity (Wildman–Crippen MR) is 113 cm³/mol. The number of aromatic hydroxyl groups is 2. The monoisotopic (exact) mass is 416 g/mol. The lowest BCUT2D eigenvalue weighted by atomic mass is 10.2. The van der Waals surface area contributed by atoms with Crippen molar-refractivity contribution < 1.29 is 15.0 Å². The normalized spacial score (nSPS) is 17.0. The van der Waals surface area contributed by atoms with Crippen molar-refractivity contribution in [1.82, 2.24) is 15.1 Å². The third-order valence-corrected chi connectivity index (χ3v) is 5.77. The van der Waals surface area contributed by atoms with Crippen LogP contribution in [0, 0.1) is 0 Å². The summed E-state index contributed by atoms with van der Waals surface area (Å²) in [5.74, 6) is -0.653. The van der Waals surface area contributed by atoms with Crippen molar-refractivity contribution in [3.63, 3.8) is 0 Å². The molecule has 28 heavy (non-hydrogen) atoms. The van der Waals surface area contributed by atoms with E-state index in [0.29, 0.717) is 27.3 Å². The molecule has 0 saturated carbocycles. The number of amides is 1. The highest BCUT2D eigenvalue weighted by Gasteiger charge is 2.33. The van der Waals surface area contributed by atoms with E-state index in [9.17, 15) is 15.0 Å². The van der Waals surface area contributed by atoms with E-state index in [-0.39, 0.29) is 17.4 Å². The van der Waals surface area contributed by atoms with Crippen molar-refractivity contribution in [2.45, 2.75) is 26.2 Å². The highest BCUT2D eigenvalue weighted by Crippen LogP contribution is 2.35. The molecule has 1 saturated heterocycles.